The van der Waals surface area contributed by atoms with Crippen molar-refractivity contribution >= 4 is 0 Å². The van der Waals surface area contributed by atoms with Gasteiger partial charge in [-0.2, -0.15) is 0 Å². The number of pyridine rings is 1. The largest absolute Gasteiger partial charge is 0.378 e. The lowest BCUT2D eigenvalue weighted by atomic mass is 9.51. The van der Waals surface area contributed by atoms with E-state index < -0.39 is 0 Å². The lowest BCUT2D eigenvalue weighted by Gasteiger charge is -2.61. The van der Waals surface area contributed by atoms with Gasteiger partial charge < -0.3 is 10.1 Å². The zero-order valence-electron chi connectivity index (χ0n) is 11.1. The van der Waals surface area contributed by atoms with Crippen LogP contribution < -0.4 is 5.32 Å². The lowest BCUT2D eigenvalue weighted by Crippen LogP contribution is -2.66. The third-order valence-corrected chi connectivity index (χ3v) is 4.74. The van der Waals surface area contributed by atoms with E-state index in [4.69, 9.17) is 4.74 Å². The predicted octanol–water partition coefficient (Wildman–Crippen LogP) is 2.52. The van der Waals surface area contributed by atoms with Crippen LogP contribution in [0.2, 0.25) is 0 Å². The summed E-state index contributed by atoms with van der Waals surface area (Å²) in [6.07, 6.45) is 9.46. The van der Waals surface area contributed by atoms with Crippen LogP contribution in [0.25, 0.3) is 0 Å². The number of hydrogen-bond acceptors (Lipinski definition) is 3. The second kappa shape index (κ2) is 4.98. The molecule has 1 spiro atoms. The first-order chi connectivity index (χ1) is 8.85. The molecule has 98 valence electrons. The first-order valence-corrected chi connectivity index (χ1v) is 7.09. The Morgan fingerprint density at radius 1 is 1.39 bits per heavy atom. The minimum Gasteiger partial charge on any atom is -0.378 e. The van der Waals surface area contributed by atoms with E-state index in [1.165, 1.54) is 31.2 Å². The average Bonchev–Trinajstić information content (AvgIpc) is 2.32. The highest BCUT2D eigenvalue weighted by atomic mass is 16.5. The van der Waals surface area contributed by atoms with Gasteiger partial charge in [0, 0.05) is 37.0 Å². The molecule has 2 saturated carbocycles. The molecule has 2 unspecified atom stereocenters. The van der Waals surface area contributed by atoms with Crippen LogP contribution in [-0.4, -0.2) is 23.7 Å². The van der Waals surface area contributed by atoms with E-state index in [0.29, 0.717) is 17.6 Å². The van der Waals surface area contributed by atoms with Crippen LogP contribution in [0.5, 0.6) is 0 Å². The average molecular weight is 246 g/mol. The van der Waals surface area contributed by atoms with Crippen molar-refractivity contribution in [1.82, 2.24) is 10.3 Å². The van der Waals surface area contributed by atoms with Gasteiger partial charge in [0.1, 0.15) is 0 Å². The Balaban J connectivity index is 1.55. The zero-order chi connectivity index (χ0) is 12.4. The maximum absolute atomic E-state index is 5.87. The molecule has 2 aliphatic rings. The molecule has 0 aromatic carbocycles. The molecule has 2 fully saturated rings. The number of hydrogen-bond donors (Lipinski definition) is 1. The predicted molar refractivity (Wildman–Crippen MR) is 71.2 cm³/mol. The molecule has 18 heavy (non-hydrogen) atoms. The summed E-state index contributed by atoms with van der Waals surface area (Å²) in [6.45, 7) is 3.90. The summed E-state index contributed by atoms with van der Waals surface area (Å²) < 4.78 is 5.87. The fraction of sp³-hybridized carbons (Fsp3) is 0.667. The van der Waals surface area contributed by atoms with Gasteiger partial charge in [0.15, 0.2) is 0 Å². The Morgan fingerprint density at radius 2 is 2.17 bits per heavy atom. The molecular formula is C15H22N2O. The van der Waals surface area contributed by atoms with E-state index in [2.05, 4.69) is 29.4 Å². The summed E-state index contributed by atoms with van der Waals surface area (Å²) in [7, 11) is 0. The molecule has 3 rings (SSSR count). The highest BCUT2D eigenvalue weighted by Gasteiger charge is 2.58. The molecule has 0 aliphatic heterocycles. The molecular weight excluding hydrogens is 224 g/mol. The van der Waals surface area contributed by atoms with Crippen LogP contribution in [0.1, 0.15) is 38.2 Å². The van der Waals surface area contributed by atoms with Gasteiger partial charge >= 0.3 is 0 Å². The Morgan fingerprint density at radius 3 is 2.78 bits per heavy atom. The first kappa shape index (κ1) is 12.1. The van der Waals surface area contributed by atoms with E-state index in [9.17, 15) is 0 Å². The van der Waals surface area contributed by atoms with Crippen molar-refractivity contribution in [2.75, 3.05) is 6.61 Å². The Hall–Kier alpha value is -0.930. The summed E-state index contributed by atoms with van der Waals surface area (Å²) >= 11 is 0. The Bertz CT molecular complexity index is 389. The van der Waals surface area contributed by atoms with Crippen molar-refractivity contribution in [3.05, 3.63) is 30.1 Å². The molecule has 2 aliphatic carbocycles. The third-order valence-electron chi connectivity index (χ3n) is 4.74. The van der Waals surface area contributed by atoms with Crippen LogP contribution in [0.3, 0.4) is 0 Å². The SMILES string of the molecule is CCOC1CC(NCc2ccncc2)C12CCC2. The summed E-state index contributed by atoms with van der Waals surface area (Å²) in [4.78, 5) is 4.05. The fourth-order valence-electron chi connectivity index (χ4n) is 3.47. The molecule has 1 aromatic rings. The number of nitrogens with zero attached hydrogens (tertiary/aromatic N) is 1. The Labute approximate surface area is 109 Å². The van der Waals surface area contributed by atoms with E-state index in [1.807, 2.05) is 12.4 Å². The quantitative estimate of drug-likeness (QED) is 0.867. The van der Waals surface area contributed by atoms with Gasteiger partial charge in [-0.15, -0.1) is 0 Å². The van der Waals surface area contributed by atoms with Crippen molar-refractivity contribution in [3.8, 4) is 0 Å². The molecule has 0 saturated heterocycles. The van der Waals surface area contributed by atoms with Crippen LogP contribution in [0.15, 0.2) is 24.5 Å². The van der Waals surface area contributed by atoms with Crippen LogP contribution in [0.4, 0.5) is 0 Å². The highest BCUT2D eigenvalue weighted by molar-refractivity contribution is 5.14. The molecule has 1 N–H and O–H groups in total. The minimum atomic E-state index is 0.461. The van der Waals surface area contributed by atoms with Crippen molar-refractivity contribution in [2.24, 2.45) is 5.41 Å². The second-order valence-electron chi connectivity index (χ2n) is 5.56. The molecule has 0 amide bonds. The molecule has 0 bridgehead atoms. The number of aromatic nitrogens is 1. The van der Waals surface area contributed by atoms with Crippen LogP contribution in [-0.2, 0) is 11.3 Å². The van der Waals surface area contributed by atoms with Crippen molar-refractivity contribution in [2.45, 2.75) is 51.3 Å². The topological polar surface area (TPSA) is 34.1 Å². The molecule has 2 atom stereocenters. The zero-order valence-corrected chi connectivity index (χ0v) is 11.1. The standard InChI is InChI=1S/C15H22N2O/c1-2-18-14-10-13(15(14)6-3-7-15)17-11-12-4-8-16-9-5-12/h4-5,8-9,13-14,17H,2-3,6-7,10-11H2,1H3. The molecule has 3 nitrogen and oxygen atoms in total. The third kappa shape index (κ3) is 1.95. The van der Waals surface area contributed by atoms with Gasteiger partial charge in [-0.25, -0.2) is 0 Å². The van der Waals surface area contributed by atoms with Crippen LogP contribution >= 0.6 is 0 Å². The van der Waals surface area contributed by atoms with Crippen molar-refractivity contribution < 1.29 is 4.74 Å². The van der Waals surface area contributed by atoms with Crippen molar-refractivity contribution in [1.29, 1.82) is 0 Å². The molecule has 3 heteroatoms. The summed E-state index contributed by atoms with van der Waals surface area (Å²) in [5.41, 5.74) is 1.78. The van der Waals surface area contributed by atoms with Gasteiger partial charge in [-0.3, -0.25) is 4.98 Å². The summed E-state index contributed by atoms with van der Waals surface area (Å²) in [5.74, 6) is 0. The molecule has 1 aromatic heterocycles. The monoisotopic (exact) mass is 246 g/mol. The van der Waals surface area contributed by atoms with Crippen molar-refractivity contribution in [3.63, 3.8) is 0 Å². The summed E-state index contributed by atoms with van der Waals surface area (Å²) in [6, 6.07) is 4.81. The van der Waals surface area contributed by atoms with E-state index in [0.717, 1.165) is 13.2 Å². The maximum atomic E-state index is 5.87. The fourth-order valence-corrected chi connectivity index (χ4v) is 3.47. The number of ether oxygens (including phenoxy) is 1. The molecule has 0 radical (unpaired) electrons. The van der Waals surface area contributed by atoms with E-state index >= 15 is 0 Å². The van der Waals surface area contributed by atoms with E-state index in [-0.39, 0.29) is 0 Å². The number of nitrogens with one attached hydrogen (secondary N) is 1. The van der Waals surface area contributed by atoms with Gasteiger partial charge in [0.05, 0.1) is 6.10 Å². The minimum absolute atomic E-state index is 0.461. The second-order valence-corrected chi connectivity index (χ2v) is 5.56. The van der Waals surface area contributed by atoms with Gasteiger partial charge in [0.2, 0.25) is 0 Å². The first-order valence-electron chi connectivity index (χ1n) is 7.09. The smallest absolute Gasteiger partial charge is 0.0661 e. The summed E-state index contributed by atoms with van der Waals surface area (Å²) in [5, 5.41) is 3.71. The van der Waals surface area contributed by atoms with Gasteiger partial charge in [0.25, 0.3) is 0 Å². The van der Waals surface area contributed by atoms with E-state index in [1.54, 1.807) is 0 Å². The van der Waals surface area contributed by atoms with Gasteiger partial charge in [-0.1, -0.05) is 6.42 Å². The molecule has 1 heterocycles. The van der Waals surface area contributed by atoms with Gasteiger partial charge in [-0.05, 0) is 43.9 Å². The highest BCUT2D eigenvalue weighted by Crippen LogP contribution is 2.57. The lowest BCUT2D eigenvalue weighted by molar-refractivity contribution is -0.173. The number of rotatable bonds is 5. The van der Waals surface area contributed by atoms with Crippen LogP contribution in [0, 0.1) is 5.41 Å². The maximum Gasteiger partial charge on any atom is 0.0661 e. The normalized spacial score (nSPS) is 28.7. The Kier molecular flexibility index (Phi) is 3.35.